The van der Waals surface area contributed by atoms with Crippen LogP contribution in [0.25, 0.3) is 0 Å². The Morgan fingerprint density at radius 2 is 1.60 bits per heavy atom. The summed E-state index contributed by atoms with van der Waals surface area (Å²) in [5, 5.41) is 3.37. The minimum atomic E-state index is -3.96. The summed E-state index contributed by atoms with van der Waals surface area (Å²) in [7, 11) is -3.96. The molecule has 1 N–H and O–H groups in total. The van der Waals surface area contributed by atoms with E-state index in [4.69, 9.17) is 23.2 Å². The van der Waals surface area contributed by atoms with Gasteiger partial charge in [0.1, 0.15) is 12.6 Å². The van der Waals surface area contributed by atoms with E-state index in [9.17, 15) is 18.0 Å². The quantitative estimate of drug-likeness (QED) is 0.245. The zero-order valence-electron chi connectivity index (χ0n) is 23.3. The highest BCUT2D eigenvalue weighted by atomic mass is 79.9. The number of carbonyl (C=O) groups excluding carboxylic acids is 2. The third-order valence-corrected chi connectivity index (χ3v) is 9.83. The molecule has 1 fully saturated rings. The van der Waals surface area contributed by atoms with Crippen molar-refractivity contribution in [2.24, 2.45) is 0 Å². The Bertz CT molecular complexity index is 1480. The number of halogens is 3. The number of sulfonamides is 1. The van der Waals surface area contributed by atoms with E-state index in [-0.39, 0.29) is 40.6 Å². The summed E-state index contributed by atoms with van der Waals surface area (Å²) in [6.45, 7) is -0.458. The molecule has 0 bridgehead atoms. The normalized spacial score (nSPS) is 14.7. The van der Waals surface area contributed by atoms with E-state index in [1.54, 1.807) is 12.1 Å². The van der Waals surface area contributed by atoms with Gasteiger partial charge in [0.25, 0.3) is 0 Å². The van der Waals surface area contributed by atoms with Crippen LogP contribution in [-0.2, 0) is 32.6 Å². The Kier molecular flexibility index (Phi) is 11.3. The number of anilines is 1. The van der Waals surface area contributed by atoms with Crippen molar-refractivity contribution in [2.45, 2.75) is 57.2 Å². The maximum atomic E-state index is 14.2. The summed E-state index contributed by atoms with van der Waals surface area (Å²) in [6, 6.07) is 20.7. The number of hydrogen-bond donors (Lipinski definition) is 1. The SMILES string of the molecule is CS(=O)(=O)N(CC(=O)N(Cc1ccc(Br)cc1)[C@H](Cc1ccccc1)C(=O)NC1CCCCC1)c1cccc(Cl)c1Cl. The zero-order chi connectivity index (χ0) is 30.3. The number of rotatable bonds is 11. The molecule has 3 aromatic carbocycles. The van der Waals surface area contributed by atoms with Gasteiger partial charge in [-0.3, -0.25) is 13.9 Å². The molecule has 0 aliphatic heterocycles. The summed E-state index contributed by atoms with van der Waals surface area (Å²) in [5.41, 5.74) is 1.77. The van der Waals surface area contributed by atoms with Gasteiger partial charge in [0.2, 0.25) is 21.8 Å². The van der Waals surface area contributed by atoms with Gasteiger partial charge in [-0.1, -0.05) is 107 Å². The average molecular weight is 696 g/mol. The lowest BCUT2D eigenvalue weighted by molar-refractivity contribution is -0.140. The van der Waals surface area contributed by atoms with E-state index in [0.717, 1.165) is 58.3 Å². The molecule has 224 valence electrons. The Balaban J connectivity index is 1.73. The number of carbonyl (C=O) groups is 2. The molecule has 0 unspecified atom stereocenters. The molecular formula is C31H34BrCl2N3O4S. The summed E-state index contributed by atoms with van der Waals surface area (Å²) in [5.74, 6) is -0.804. The van der Waals surface area contributed by atoms with Crippen LogP contribution >= 0.6 is 39.1 Å². The van der Waals surface area contributed by atoms with Crippen molar-refractivity contribution in [1.82, 2.24) is 10.2 Å². The molecule has 0 saturated heterocycles. The minimum Gasteiger partial charge on any atom is -0.352 e. The second kappa shape index (κ2) is 14.7. The molecule has 1 aliphatic rings. The van der Waals surface area contributed by atoms with E-state index in [1.165, 1.54) is 11.0 Å². The lowest BCUT2D eigenvalue weighted by Crippen LogP contribution is -2.55. The van der Waals surface area contributed by atoms with E-state index >= 15 is 0 Å². The van der Waals surface area contributed by atoms with Crippen LogP contribution < -0.4 is 9.62 Å². The molecule has 4 rings (SSSR count). The number of hydrogen-bond acceptors (Lipinski definition) is 4. The predicted molar refractivity (Wildman–Crippen MR) is 172 cm³/mol. The minimum absolute atomic E-state index is 0.0210. The van der Waals surface area contributed by atoms with Gasteiger partial charge in [-0.25, -0.2) is 8.42 Å². The third kappa shape index (κ3) is 8.72. The summed E-state index contributed by atoms with van der Waals surface area (Å²) in [6.07, 6.45) is 6.27. The number of nitrogens with one attached hydrogen (secondary N) is 1. The van der Waals surface area contributed by atoms with Gasteiger partial charge in [-0.15, -0.1) is 0 Å². The zero-order valence-corrected chi connectivity index (χ0v) is 27.2. The molecule has 7 nitrogen and oxygen atoms in total. The van der Waals surface area contributed by atoms with Crippen LogP contribution in [0.2, 0.25) is 10.0 Å². The van der Waals surface area contributed by atoms with Crippen LogP contribution in [-0.4, -0.2) is 50.0 Å². The van der Waals surface area contributed by atoms with Crippen molar-refractivity contribution in [3.8, 4) is 0 Å². The summed E-state index contributed by atoms with van der Waals surface area (Å²) < 4.78 is 27.8. The largest absolute Gasteiger partial charge is 0.352 e. The highest BCUT2D eigenvalue weighted by molar-refractivity contribution is 9.10. The first-order chi connectivity index (χ1) is 20.0. The number of benzene rings is 3. The van der Waals surface area contributed by atoms with Gasteiger partial charge >= 0.3 is 0 Å². The Morgan fingerprint density at radius 3 is 2.24 bits per heavy atom. The molecule has 0 heterocycles. The van der Waals surface area contributed by atoms with Gasteiger partial charge < -0.3 is 10.2 Å². The van der Waals surface area contributed by atoms with E-state index < -0.39 is 28.5 Å². The fourth-order valence-electron chi connectivity index (χ4n) is 5.16. The van der Waals surface area contributed by atoms with Crippen molar-refractivity contribution < 1.29 is 18.0 Å². The fourth-order valence-corrected chi connectivity index (χ4v) is 6.73. The standard InChI is InChI=1S/C31H34BrCl2N3O4S/c1-42(40,41)37(27-14-8-13-26(33)30(27)34)21-29(38)36(20-23-15-17-24(32)18-16-23)28(19-22-9-4-2-5-10-22)31(39)35-25-11-6-3-7-12-25/h2,4-5,8-10,13-18,25,28H,3,6-7,11-12,19-21H2,1H3,(H,35,39)/t28-/m1/s1. The van der Waals surface area contributed by atoms with Crippen molar-refractivity contribution in [2.75, 3.05) is 17.1 Å². The summed E-state index contributed by atoms with van der Waals surface area (Å²) >= 11 is 16.0. The van der Waals surface area contributed by atoms with E-state index in [2.05, 4.69) is 21.2 Å². The molecule has 2 amide bonds. The molecule has 1 aliphatic carbocycles. The Hall–Kier alpha value is -2.59. The fraction of sp³-hybridized carbons (Fsp3) is 0.355. The second-order valence-corrected chi connectivity index (χ2v) is 14.1. The first-order valence-electron chi connectivity index (χ1n) is 13.8. The first-order valence-corrected chi connectivity index (χ1v) is 17.2. The number of amides is 2. The van der Waals surface area contributed by atoms with Crippen molar-refractivity contribution in [1.29, 1.82) is 0 Å². The van der Waals surface area contributed by atoms with Crippen LogP contribution in [0, 0.1) is 0 Å². The molecule has 0 spiro atoms. The molecule has 0 radical (unpaired) electrons. The molecule has 0 aromatic heterocycles. The smallest absolute Gasteiger partial charge is 0.244 e. The van der Waals surface area contributed by atoms with Crippen LogP contribution in [0.5, 0.6) is 0 Å². The van der Waals surface area contributed by atoms with Crippen LogP contribution in [0.3, 0.4) is 0 Å². The predicted octanol–water partition coefficient (Wildman–Crippen LogP) is 6.61. The third-order valence-electron chi connectivity index (χ3n) is 7.37. The second-order valence-electron chi connectivity index (χ2n) is 10.5. The molecule has 3 aromatic rings. The Labute approximate surface area is 266 Å². The maximum Gasteiger partial charge on any atom is 0.244 e. The van der Waals surface area contributed by atoms with Crippen molar-refractivity contribution in [3.05, 3.63) is 98.4 Å². The van der Waals surface area contributed by atoms with E-state index in [1.807, 2.05) is 54.6 Å². The van der Waals surface area contributed by atoms with Crippen LogP contribution in [0.4, 0.5) is 5.69 Å². The van der Waals surface area contributed by atoms with Gasteiger partial charge in [0.05, 0.1) is 22.0 Å². The molecule has 11 heteroatoms. The lowest BCUT2D eigenvalue weighted by atomic mass is 9.94. The topological polar surface area (TPSA) is 86.8 Å². The molecular weight excluding hydrogens is 661 g/mol. The van der Waals surface area contributed by atoms with E-state index in [0.29, 0.717) is 0 Å². The van der Waals surface area contributed by atoms with Gasteiger partial charge in [-0.2, -0.15) is 0 Å². The first kappa shape index (κ1) is 32.3. The van der Waals surface area contributed by atoms with Crippen molar-refractivity contribution in [3.63, 3.8) is 0 Å². The lowest BCUT2D eigenvalue weighted by Gasteiger charge is -2.35. The molecule has 1 saturated carbocycles. The highest BCUT2D eigenvalue weighted by Gasteiger charge is 2.34. The van der Waals surface area contributed by atoms with Gasteiger partial charge in [0.15, 0.2) is 0 Å². The van der Waals surface area contributed by atoms with Crippen molar-refractivity contribution >= 4 is 66.7 Å². The monoisotopic (exact) mass is 693 g/mol. The maximum absolute atomic E-state index is 14.2. The Morgan fingerprint density at radius 1 is 0.929 bits per heavy atom. The van der Waals surface area contributed by atoms with Crippen LogP contribution in [0.1, 0.15) is 43.2 Å². The summed E-state index contributed by atoms with van der Waals surface area (Å²) in [4.78, 5) is 29.7. The highest BCUT2D eigenvalue weighted by Crippen LogP contribution is 2.34. The number of nitrogens with zero attached hydrogens (tertiary/aromatic N) is 2. The average Bonchev–Trinajstić information content (AvgIpc) is 2.96. The van der Waals surface area contributed by atoms with Gasteiger partial charge in [-0.05, 0) is 48.2 Å². The molecule has 1 atom stereocenters. The molecule has 42 heavy (non-hydrogen) atoms. The van der Waals surface area contributed by atoms with Crippen LogP contribution in [0.15, 0.2) is 77.3 Å². The van der Waals surface area contributed by atoms with Gasteiger partial charge in [0, 0.05) is 23.5 Å².